The molecule has 3 rings (SSSR count). The Morgan fingerprint density at radius 2 is 1.91 bits per heavy atom. The van der Waals surface area contributed by atoms with Gasteiger partial charge >= 0.3 is 0 Å². The molecule has 2 aliphatic rings. The molecule has 0 aromatic heterocycles. The summed E-state index contributed by atoms with van der Waals surface area (Å²) in [6, 6.07) is 9.43. The molecule has 33 heavy (non-hydrogen) atoms. The first-order valence-electron chi connectivity index (χ1n) is 12.3. The molecule has 1 saturated carbocycles. The Kier molecular flexibility index (Phi) is 8.85. The van der Waals surface area contributed by atoms with Gasteiger partial charge in [-0.3, -0.25) is 9.59 Å². The number of amides is 2. The quantitative estimate of drug-likeness (QED) is 0.535. The van der Waals surface area contributed by atoms with Crippen molar-refractivity contribution < 1.29 is 14.0 Å². The van der Waals surface area contributed by atoms with Crippen molar-refractivity contribution in [1.82, 2.24) is 10.2 Å². The standard InChI is InChI=1S/C26H37FN4O2/c1-19(2)20-7-9-22(10-8-20)30-25(33)26(11-4-3-5-12-26)13-6-14-29-17-24(32)31-18-21(27)15-23(31)16-28/h7-10,19,21,23,29H,3-6,11-15,17-18H2,1-2H3,(H,30,33)/t21-,23?/m0/s1. The molecular weight excluding hydrogens is 419 g/mol. The highest BCUT2D eigenvalue weighted by Crippen LogP contribution is 2.41. The smallest absolute Gasteiger partial charge is 0.237 e. The Morgan fingerprint density at radius 3 is 2.55 bits per heavy atom. The zero-order valence-electron chi connectivity index (χ0n) is 19.9. The monoisotopic (exact) mass is 456 g/mol. The number of alkyl halides is 1. The number of halogens is 1. The van der Waals surface area contributed by atoms with E-state index in [1.54, 1.807) is 0 Å². The number of anilines is 1. The van der Waals surface area contributed by atoms with Crippen LogP contribution in [-0.2, 0) is 9.59 Å². The van der Waals surface area contributed by atoms with E-state index in [9.17, 15) is 14.0 Å². The molecule has 6 nitrogen and oxygen atoms in total. The van der Waals surface area contributed by atoms with Gasteiger partial charge in [0.2, 0.25) is 11.8 Å². The predicted octanol–water partition coefficient (Wildman–Crippen LogP) is 4.53. The van der Waals surface area contributed by atoms with Gasteiger partial charge < -0.3 is 15.5 Å². The van der Waals surface area contributed by atoms with Crippen molar-refractivity contribution in [3.63, 3.8) is 0 Å². The molecule has 1 unspecified atom stereocenters. The highest BCUT2D eigenvalue weighted by molar-refractivity contribution is 5.95. The molecule has 2 atom stereocenters. The first-order chi connectivity index (χ1) is 15.8. The third-order valence-electron chi connectivity index (χ3n) is 7.13. The number of likely N-dealkylation sites (tertiary alicyclic amines) is 1. The fourth-order valence-corrected chi connectivity index (χ4v) is 5.07. The normalized spacial score (nSPS) is 22.2. The number of nitrogens with one attached hydrogen (secondary N) is 2. The maximum Gasteiger partial charge on any atom is 0.237 e. The summed E-state index contributed by atoms with van der Waals surface area (Å²) >= 11 is 0. The predicted molar refractivity (Wildman–Crippen MR) is 127 cm³/mol. The average molecular weight is 457 g/mol. The SMILES string of the molecule is CC(C)c1ccc(NC(=O)C2(CCCNCC(=O)N3C[C@@H](F)CC3C#N)CCCCC2)cc1. The zero-order chi connectivity index (χ0) is 23.8. The first kappa shape index (κ1) is 25.2. The van der Waals surface area contributed by atoms with Crippen molar-refractivity contribution in [2.75, 3.05) is 25.0 Å². The zero-order valence-corrected chi connectivity index (χ0v) is 19.9. The molecular formula is C26H37FN4O2. The largest absolute Gasteiger partial charge is 0.326 e. The highest BCUT2D eigenvalue weighted by atomic mass is 19.1. The van der Waals surface area contributed by atoms with E-state index >= 15 is 0 Å². The third-order valence-corrected chi connectivity index (χ3v) is 7.13. The van der Waals surface area contributed by atoms with Crippen molar-refractivity contribution in [3.05, 3.63) is 29.8 Å². The van der Waals surface area contributed by atoms with Crippen LogP contribution in [0, 0.1) is 16.7 Å². The van der Waals surface area contributed by atoms with Gasteiger partial charge in [-0.05, 0) is 55.8 Å². The van der Waals surface area contributed by atoms with E-state index < -0.39 is 12.2 Å². The van der Waals surface area contributed by atoms with Crippen molar-refractivity contribution in [3.8, 4) is 6.07 Å². The van der Waals surface area contributed by atoms with E-state index in [-0.39, 0.29) is 36.7 Å². The van der Waals surface area contributed by atoms with Crippen molar-refractivity contribution in [2.24, 2.45) is 5.41 Å². The molecule has 1 aliphatic heterocycles. The third kappa shape index (κ3) is 6.54. The summed E-state index contributed by atoms with van der Waals surface area (Å²) in [6.45, 7) is 4.99. The summed E-state index contributed by atoms with van der Waals surface area (Å²) in [5.41, 5.74) is 1.71. The van der Waals surface area contributed by atoms with Gasteiger partial charge in [-0.15, -0.1) is 0 Å². The van der Waals surface area contributed by atoms with E-state index in [2.05, 4.69) is 36.6 Å². The van der Waals surface area contributed by atoms with E-state index in [0.717, 1.165) is 50.6 Å². The highest BCUT2D eigenvalue weighted by Gasteiger charge is 2.39. The minimum absolute atomic E-state index is 0.000169. The van der Waals surface area contributed by atoms with E-state index in [1.165, 1.54) is 10.5 Å². The number of nitrogens with zero attached hydrogens (tertiary/aromatic N) is 2. The minimum atomic E-state index is -1.12. The lowest BCUT2D eigenvalue weighted by atomic mass is 9.70. The number of carbonyl (C=O) groups excluding carboxylic acids is 2. The molecule has 1 saturated heterocycles. The average Bonchev–Trinajstić information content (AvgIpc) is 3.20. The van der Waals surface area contributed by atoms with E-state index in [0.29, 0.717) is 12.5 Å². The van der Waals surface area contributed by atoms with Gasteiger partial charge in [0, 0.05) is 17.5 Å². The van der Waals surface area contributed by atoms with Crippen LogP contribution >= 0.6 is 0 Å². The summed E-state index contributed by atoms with van der Waals surface area (Å²) < 4.78 is 13.5. The number of benzene rings is 1. The van der Waals surface area contributed by atoms with Crippen LogP contribution in [0.25, 0.3) is 0 Å². The van der Waals surface area contributed by atoms with Gasteiger partial charge in [0.15, 0.2) is 0 Å². The van der Waals surface area contributed by atoms with Crippen molar-refractivity contribution >= 4 is 17.5 Å². The Morgan fingerprint density at radius 1 is 1.21 bits per heavy atom. The molecule has 2 amide bonds. The van der Waals surface area contributed by atoms with Crippen molar-refractivity contribution in [1.29, 1.82) is 5.26 Å². The van der Waals surface area contributed by atoms with Crippen LogP contribution in [-0.4, -0.2) is 48.6 Å². The number of rotatable bonds is 9. The Labute approximate surface area is 196 Å². The maximum atomic E-state index is 13.5. The van der Waals surface area contributed by atoms with Gasteiger partial charge in [-0.1, -0.05) is 45.2 Å². The molecule has 1 aromatic carbocycles. The number of carbonyl (C=O) groups is 2. The molecule has 0 spiro atoms. The van der Waals surface area contributed by atoms with E-state index in [4.69, 9.17) is 5.26 Å². The molecule has 1 aliphatic carbocycles. The number of hydrogen-bond acceptors (Lipinski definition) is 4. The van der Waals surface area contributed by atoms with E-state index in [1.807, 2.05) is 18.2 Å². The van der Waals surface area contributed by atoms with Crippen LogP contribution in [0.2, 0.25) is 0 Å². The van der Waals surface area contributed by atoms with Gasteiger partial charge in [0.25, 0.3) is 0 Å². The first-order valence-corrected chi connectivity index (χ1v) is 12.3. The lowest BCUT2D eigenvalue weighted by Gasteiger charge is -2.36. The van der Waals surface area contributed by atoms with Crippen LogP contribution in [0.1, 0.15) is 76.7 Å². The second-order valence-corrected chi connectivity index (χ2v) is 9.88. The topological polar surface area (TPSA) is 85.2 Å². The van der Waals surface area contributed by atoms with Crippen LogP contribution in [0.4, 0.5) is 10.1 Å². The van der Waals surface area contributed by atoms with Gasteiger partial charge in [-0.25, -0.2) is 4.39 Å². The lowest BCUT2D eigenvalue weighted by molar-refractivity contribution is -0.130. The number of hydrogen-bond donors (Lipinski definition) is 2. The molecule has 1 aromatic rings. The molecule has 1 heterocycles. The molecule has 2 fully saturated rings. The lowest BCUT2D eigenvalue weighted by Crippen LogP contribution is -2.41. The Hall–Kier alpha value is -2.46. The van der Waals surface area contributed by atoms with Gasteiger partial charge in [-0.2, -0.15) is 5.26 Å². The molecule has 7 heteroatoms. The fourth-order valence-electron chi connectivity index (χ4n) is 5.07. The Bertz CT molecular complexity index is 843. The fraction of sp³-hybridized carbons (Fsp3) is 0.654. The second-order valence-electron chi connectivity index (χ2n) is 9.88. The minimum Gasteiger partial charge on any atom is -0.326 e. The molecule has 0 radical (unpaired) electrons. The molecule has 0 bridgehead atoms. The Balaban J connectivity index is 1.49. The van der Waals surface area contributed by atoms with Gasteiger partial charge in [0.1, 0.15) is 12.2 Å². The summed E-state index contributed by atoms with van der Waals surface area (Å²) in [5, 5.41) is 15.4. The van der Waals surface area contributed by atoms with Crippen molar-refractivity contribution in [2.45, 2.75) is 83.3 Å². The maximum absolute atomic E-state index is 13.5. The van der Waals surface area contributed by atoms with Crippen LogP contribution in [0.15, 0.2) is 24.3 Å². The van der Waals surface area contributed by atoms with Crippen LogP contribution in [0.5, 0.6) is 0 Å². The van der Waals surface area contributed by atoms with Crippen LogP contribution in [0.3, 0.4) is 0 Å². The second kappa shape index (κ2) is 11.6. The van der Waals surface area contributed by atoms with Gasteiger partial charge in [0.05, 0.1) is 19.2 Å². The summed E-state index contributed by atoms with van der Waals surface area (Å²) in [7, 11) is 0. The van der Waals surface area contributed by atoms with Crippen LogP contribution < -0.4 is 10.6 Å². The molecule has 2 N–H and O–H groups in total. The summed E-state index contributed by atoms with van der Waals surface area (Å²) in [5.74, 6) is 0.309. The summed E-state index contributed by atoms with van der Waals surface area (Å²) in [6.07, 6.45) is 5.57. The molecule has 180 valence electrons. The summed E-state index contributed by atoms with van der Waals surface area (Å²) in [4.78, 5) is 27.0. The number of nitriles is 1.